The number of fused-ring (bicyclic) bond motifs is 3. The SMILES string of the molecule is C=C1[C@@H]2CC[C@H]3[C@]4(C)CCC[C@@](C)(CC(=O)O)[C@H]4CC[C@]3(C2)[C@H]1OC(=O)/C(C)=C\C. The molecule has 0 radical (unpaired) electrons. The smallest absolute Gasteiger partial charge is 0.333 e. The highest BCUT2D eigenvalue weighted by molar-refractivity contribution is 5.88. The molecule has 0 aliphatic heterocycles. The molecule has 0 aromatic heterocycles. The molecule has 30 heavy (non-hydrogen) atoms. The molecule has 4 nitrogen and oxygen atoms in total. The summed E-state index contributed by atoms with van der Waals surface area (Å²) in [5.74, 6) is 0.463. The number of hydrogen-bond donors (Lipinski definition) is 1. The molecular weight excluding hydrogens is 376 g/mol. The summed E-state index contributed by atoms with van der Waals surface area (Å²) in [4.78, 5) is 24.4. The van der Waals surface area contributed by atoms with Crippen molar-refractivity contribution in [1.29, 1.82) is 0 Å². The number of carbonyl (C=O) groups excluding carboxylic acids is 1. The van der Waals surface area contributed by atoms with Gasteiger partial charge in [-0.05, 0) is 93.0 Å². The minimum atomic E-state index is -0.673. The van der Waals surface area contributed by atoms with E-state index in [2.05, 4.69) is 20.4 Å². The van der Waals surface area contributed by atoms with Crippen LogP contribution in [0.3, 0.4) is 0 Å². The van der Waals surface area contributed by atoms with Gasteiger partial charge in [0.1, 0.15) is 6.10 Å². The van der Waals surface area contributed by atoms with E-state index in [4.69, 9.17) is 4.74 Å². The van der Waals surface area contributed by atoms with Crippen molar-refractivity contribution in [1.82, 2.24) is 0 Å². The molecule has 4 aliphatic carbocycles. The highest BCUT2D eigenvalue weighted by Crippen LogP contribution is 2.73. The van der Waals surface area contributed by atoms with Crippen LogP contribution in [0, 0.1) is 34.0 Å². The number of allylic oxidation sites excluding steroid dienone is 1. The Bertz CT molecular complexity index is 797. The molecule has 0 amide bonds. The number of aliphatic carboxylic acids is 1. The summed E-state index contributed by atoms with van der Waals surface area (Å²) >= 11 is 0. The predicted molar refractivity (Wildman–Crippen MR) is 117 cm³/mol. The quantitative estimate of drug-likeness (QED) is 0.352. The first-order valence-corrected chi connectivity index (χ1v) is 11.8. The molecule has 7 atom stereocenters. The molecule has 166 valence electrons. The summed E-state index contributed by atoms with van der Waals surface area (Å²) in [5.41, 5.74) is 1.73. The van der Waals surface area contributed by atoms with E-state index in [9.17, 15) is 14.7 Å². The first kappa shape index (κ1) is 21.6. The van der Waals surface area contributed by atoms with Crippen LogP contribution < -0.4 is 0 Å². The Hall–Kier alpha value is -1.58. The maximum atomic E-state index is 12.7. The lowest BCUT2D eigenvalue weighted by molar-refractivity contribution is -0.188. The number of rotatable bonds is 4. The predicted octanol–water partition coefficient (Wildman–Crippen LogP) is 5.92. The third kappa shape index (κ3) is 3.00. The average Bonchev–Trinajstić information content (AvgIpc) is 2.86. The van der Waals surface area contributed by atoms with E-state index in [1.807, 2.05) is 19.9 Å². The third-order valence-electron chi connectivity index (χ3n) is 9.84. The summed E-state index contributed by atoms with van der Waals surface area (Å²) in [6.45, 7) is 12.8. The van der Waals surface area contributed by atoms with Crippen LogP contribution in [0.2, 0.25) is 0 Å². The lowest BCUT2D eigenvalue weighted by atomic mass is 9.40. The topological polar surface area (TPSA) is 63.6 Å². The Balaban J connectivity index is 1.70. The fourth-order valence-corrected chi connectivity index (χ4v) is 8.54. The Morgan fingerprint density at radius 1 is 1.17 bits per heavy atom. The van der Waals surface area contributed by atoms with Gasteiger partial charge in [0.15, 0.2) is 0 Å². The minimum absolute atomic E-state index is 0.0175. The van der Waals surface area contributed by atoms with E-state index in [0.29, 0.717) is 23.3 Å². The summed E-state index contributed by atoms with van der Waals surface area (Å²) in [6, 6.07) is 0. The van der Waals surface area contributed by atoms with Gasteiger partial charge in [0.25, 0.3) is 0 Å². The van der Waals surface area contributed by atoms with Gasteiger partial charge in [0.05, 0.1) is 6.42 Å². The van der Waals surface area contributed by atoms with Gasteiger partial charge >= 0.3 is 11.9 Å². The Labute approximate surface area is 181 Å². The van der Waals surface area contributed by atoms with Gasteiger partial charge in [-0.2, -0.15) is 0 Å². The maximum absolute atomic E-state index is 12.7. The molecule has 0 aromatic rings. The zero-order chi connectivity index (χ0) is 21.9. The van der Waals surface area contributed by atoms with E-state index in [1.165, 1.54) is 0 Å². The van der Waals surface area contributed by atoms with Crippen LogP contribution in [0.5, 0.6) is 0 Å². The van der Waals surface area contributed by atoms with Gasteiger partial charge in [-0.25, -0.2) is 4.79 Å². The largest absolute Gasteiger partial charge is 0.481 e. The highest BCUT2D eigenvalue weighted by atomic mass is 16.5. The van der Waals surface area contributed by atoms with E-state index in [0.717, 1.165) is 56.9 Å². The molecule has 4 rings (SSSR count). The van der Waals surface area contributed by atoms with Crippen LogP contribution in [0.1, 0.15) is 85.5 Å². The molecule has 4 aliphatic rings. The summed E-state index contributed by atoms with van der Waals surface area (Å²) < 4.78 is 6.19. The molecule has 0 heterocycles. The minimum Gasteiger partial charge on any atom is -0.481 e. The van der Waals surface area contributed by atoms with Crippen molar-refractivity contribution in [2.24, 2.45) is 34.0 Å². The first-order chi connectivity index (χ1) is 14.1. The van der Waals surface area contributed by atoms with Gasteiger partial charge in [-0.15, -0.1) is 0 Å². The van der Waals surface area contributed by atoms with Crippen molar-refractivity contribution in [3.8, 4) is 0 Å². The lowest BCUT2D eigenvalue weighted by Gasteiger charge is -2.64. The molecule has 1 spiro atoms. The number of carbonyl (C=O) groups is 2. The third-order valence-corrected chi connectivity index (χ3v) is 9.84. The van der Waals surface area contributed by atoms with Crippen LogP contribution in [-0.4, -0.2) is 23.1 Å². The molecule has 4 saturated carbocycles. The van der Waals surface area contributed by atoms with Crippen molar-refractivity contribution in [3.05, 3.63) is 23.8 Å². The number of hydrogen-bond acceptors (Lipinski definition) is 3. The second-order valence-corrected chi connectivity index (χ2v) is 11.3. The molecule has 4 heteroatoms. The second-order valence-electron chi connectivity index (χ2n) is 11.3. The molecule has 0 unspecified atom stereocenters. The first-order valence-electron chi connectivity index (χ1n) is 11.8. The van der Waals surface area contributed by atoms with Crippen LogP contribution in [0.25, 0.3) is 0 Å². The van der Waals surface area contributed by atoms with E-state index < -0.39 is 5.97 Å². The zero-order valence-corrected chi connectivity index (χ0v) is 19.1. The van der Waals surface area contributed by atoms with Gasteiger partial charge in [0.2, 0.25) is 0 Å². The van der Waals surface area contributed by atoms with Gasteiger partial charge in [0, 0.05) is 11.0 Å². The monoisotopic (exact) mass is 414 g/mol. The van der Waals surface area contributed by atoms with Crippen molar-refractivity contribution in [2.75, 3.05) is 0 Å². The second kappa shape index (κ2) is 7.24. The number of esters is 1. The van der Waals surface area contributed by atoms with Crippen LogP contribution in [0.4, 0.5) is 0 Å². The van der Waals surface area contributed by atoms with E-state index in [1.54, 1.807) is 0 Å². The number of ether oxygens (including phenoxy) is 1. The molecular formula is C26H38O4. The summed E-state index contributed by atoms with van der Waals surface area (Å²) in [5, 5.41) is 9.62. The Morgan fingerprint density at radius 2 is 1.90 bits per heavy atom. The van der Waals surface area contributed by atoms with Crippen LogP contribution in [0.15, 0.2) is 23.8 Å². The normalized spacial score (nSPS) is 45.5. The van der Waals surface area contributed by atoms with Crippen LogP contribution >= 0.6 is 0 Å². The van der Waals surface area contributed by atoms with Crippen molar-refractivity contribution in [2.45, 2.75) is 91.6 Å². The zero-order valence-electron chi connectivity index (χ0n) is 19.1. The van der Waals surface area contributed by atoms with Crippen LogP contribution in [-0.2, 0) is 14.3 Å². The molecule has 0 aromatic carbocycles. The molecule has 4 fully saturated rings. The maximum Gasteiger partial charge on any atom is 0.333 e. The lowest BCUT2D eigenvalue weighted by Crippen LogP contribution is -2.59. The van der Waals surface area contributed by atoms with Gasteiger partial charge in [-0.1, -0.05) is 32.9 Å². The summed E-state index contributed by atoms with van der Waals surface area (Å²) in [7, 11) is 0. The fraction of sp³-hybridized carbons (Fsp3) is 0.769. The summed E-state index contributed by atoms with van der Waals surface area (Å²) in [6.07, 6.45) is 10.6. The Morgan fingerprint density at radius 3 is 2.57 bits per heavy atom. The molecule has 1 N–H and O–H groups in total. The van der Waals surface area contributed by atoms with Gasteiger partial charge < -0.3 is 9.84 Å². The number of carboxylic acids is 1. The van der Waals surface area contributed by atoms with Crippen molar-refractivity contribution in [3.63, 3.8) is 0 Å². The fourth-order valence-electron chi connectivity index (χ4n) is 8.54. The highest BCUT2D eigenvalue weighted by Gasteiger charge is 2.67. The Kier molecular flexibility index (Phi) is 5.22. The van der Waals surface area contributed by atoms with Gasteiger partial charge in [-0.3, -0.25) is 4.79 Å². The molecule has 2 bridgehead atoms. The van der Waals surface area contributed by atoms with E-state index >= 15 is 0 Å². The standard InChI is InChI=1S/C26H38O4/c1-6-16(2)23(29)30-22-17(3)18-8-9-20-25(5)12-7-11-24(4,15-21(27)28)19(25)10-13-26(20,22)14-18/h6,18-20,22H,3,7-15H2,1-2,4-5H3,(H,27,28)/b16-6-/t18-,19-,20+,22+,24+,25-,26-/m1/s1. The van der Waals surface area contributed by atoms with Crippen molar-refractivity contribution >= 4 is 11.9 Å². The number of carboxylic acid groups (broad SMARTS) is 1. The van der Waals surface area contributed by atoms with Crippen molar-refractivity contribution < 1.29 is 19.4 Å². The average molecular weight is 415 g/mol. The molecule has 0 saturated heterocycles. The van der Waals surface area contributed by atoms with E-state index in [-0.39, 0.29) is 34.7 Å².